The predicted molar refractivity (Wildman–Crippen MR) is 150 cm³/mol. The molecule has 4 heterocycles. The zero-order chi connectivity index (χ0) is 25.6. The number of piperidine rings is 2. The second-order valence-corrected chi connectivity index (χ2v) is 13.4. The Balaban J connectivity index is 1.14. The molecule has 38 heavy (non-hydrogen) atoms. The van der Waals surface area contributed by atoms with Crippen LogP contribution in [0.15, 0.2) is 24.3 Å². The van der Waals surface area contributed by atoms with Crippen LogP contribution in [0.1, 0.15) is 108 Å². The Kier molecular flexibility index (Phi) is 6.98. The standard InChI is InChI=1S/C32H46N4O2/c37-31(38)13-15-34-14-12-24(21-34)32-33-29-10-3-4-11-30(29)36(32)28-19-25-8-5-9-26(20-28)35(25)27-17-22-6-1-2-7-23(16-22)18-27/h3-4,10-11,22-28H,1-2,5-9,12-21H2,(H,37,38)/t22-,23+,24?,25-,26+,27?,28?. The highest BCUT2D eigenvalue weighted by atomic mass is 16.4. The molecule has 5 fully saturated rings. The summed E-state index contributed by atoms with van der Waals surface area (Å²) in [6.07, 6.45) is 18.3. The second-order valence-electron chi connectivity index (χ2n) is 13.4. The molecule has 7 atom stereocenters. The van der Waals surface area contributed by atoms with Crippen LogP contribution in [0.5, 0.6) is 0 Å². The molecule has 3 saturated heterocycles. The molecule has 1 aromatic heterocycles. The highest BCUT2D eigenvalue weighted by Gasteiger charge is 2.45. The highest BCUT2D eigenvalue weighted by molar-refractivity contribution is 5.76. The molecule has 2 aromatic rings. The maximum atomic E-state index is 11.1. The molecule has 1 aromatic carbocycles. The molecule has 0 amide bonds. The van der Waals surface area contributed by atoms with E-state index in [1.165, 1.54) is 88.4 Å². The van der Waals surface area contributed by atoms with Crippen LogP contribution in [0.2, 0.25) is 0 Å². The number of hydrogen-bond donors (Lipinski definition) is 1. The minimum atomic E-state index is -0.698. The van der Waals surface area contributed by atoms with E-state index >= 15 is 0 Å². The highest BCUT2D eigenvalue weighted by Crippen LogP contribution is 2.48. The van der Waals surface area contributed by atoms with Crippen molar-refractivity contribution >= 4 is 17.0 Å². The third-order valence-electron chi connectivity index (χ3n) is 11.0. The van der Waals surface area contributed by atoms with E-state index in [0.29, 0.717) is 18.5 Å². The quantitative estimate of drug-likeness (QED) is 0.492. The molecule has 4 bridgehead atoms. The number of carbonyl (C=O) groups is 1. The Morgan fingerprint density at radius 3 is 2.32 bits per heavy atom. The summed E-state index contributed by atoms with van der Waals surface area (Å²) >= 11 is 0. The van der Waals surface area contributed by atoms with Crippen LogP contribution in [-0.2, 0) is 4.79 Å². The molecule has 2 saturated carbocycles. The maximum absolute atomic E-state index is 11.1. The average molecular weight is 519 g/mol. The lowest BCUT2D eigenvalue weighted by Gasteiger charge is -2.54. The fourth-order valence-electron chi connectivity index (χ4n) is 9.54. The number of hydrogen-bond acceptors (Lipinski definition) is 4. The molecular formula is C32H46N4O2. The van der Waals surface area contributed by atoms with E-state index in [9.17, 15) is 9.90 Å². The Bertz CT molecular complexity index is 1120. The Hall–Kier alpha value is -1.92. The zero-order valence-corrected chi connectivity index (χ0v) is 23.0. The molecule has 2 aliphatic carbocycles. The molecule has 206 valence electrons. The van der Waals surface area contributed by atoms with Crippen molar-refractivity contribution in [3.63, 3.8) is 0 Å². The van der Waals surface area contributed by atoms with Crippen molar-refractivity contribution in [1.82, 2.24) is 19.4 Å². The van der Waals surface area contributed by atoms with Crippen LogP contribution in [0.3, 0.4) is 0 Å². The molecule has 3 unspecified atom stereocenters. The van der Waals surface area contributed by atoms with Crippen molar-refractivity contribution in [2.45, 2.75) is 120 Å². The summed E-state index contributed by atoms with van der Waals surface area (Å²) in [7, 11) is 0. The van der Waals surface area contributed by atoms with Gasteiger partial charge in [-0.1, -0.05) is 44.2 Å². The summed E-state index contributed by atoms with van der Waals surface area (Å²) in [5.74, 6) is 2.93. The molecule has 5 aliphatic rings. The van der Waals surface area contributed by atoms with Crippen LogP contribution < -0.4 is 0 Å². The van der Waals surface area contributed by atoms with Gasteiger partial charge in [0.05, 0.1) is 17.5 Å². The number of carboxylic acids is 1. The minimum Gasteiger partial charge on any atom is -0.481 e. The SMILES string of the molecule is O=C(O)CCN1CCC(c2nc3ccccc3n2C2C[C@H]3CCC[C@@H](C2)N3C2C[C@H]3CCCC[C@@H](C2)C3)C1. The lowest BCUT2D eigenvalue weighted by molar-refractivity contribution is -0.137. The van der Waals surface area contributed by atoms with Gasteiger partial charge in [-0.2, -0.15) is 0 Å². The number of rotatable bonds is 6. The summed E-state index contributed by atoms with van der Waals surface area (Å²) in [5, 5.41) is 9.17. The first-order valence-electron chi connectivity index (χ1n) is 15.8. The number of benzene rings is 1. The first-order chi connectivity index (χ1) is 18.6. The van der Waals surface area contributed by atoms with E-state index in [0.717, 1.165) is 55.0 Å². The van der Waals surface area contributed by atoms with Crippen molar-refractivity contribution < 1.29 is 9.90 Å². The Morgan fingerprint density at radius 2 is 1.58 bits per heavy atom. The van der Waals surface area contributed by atoms with Gasteiger partial charge >= 0.3 is 5.97 Å². The zero-order valence-electron chi connectivity index (χ0n) is 23.0. The van der Waals surface area contributed by atoms with E-state index in [1.807, 2.05) is 0 Å². The van der Waals surface area contributed by atoms with E-state index in [2.05, 4.69) is 38.6 Å². The largest absolute Gasteiger partial charge is 0.481 e. The normalized spacial score (nSPS) is 36.4. The number of para-hydroxylation sites is 2. The van der Waals surface area contributed by atoms with E-state index in [4.69, 9.17) is 4.98 Å². The number of aromatic nitrogens is 2. The van der Waals surface area contributed by atoms with E-state index < -0.39 is 5.97 Å². The van der Waals surface area contributed by atoms with Gasteiger partial charge in [0, 0.05) is 43.2 Å². The molecular weight excluding hydrogens is 472 g/mol. The Morgan fingerprint density at radius 1 is 0.842 bits per heavy atom. The van der Waals surface area contributed by atoms with Crippen molar-refractivity contribution in [1.29, 1.82) is 0 Å². The number of likely N-dealkylation sites (tertiary alicyclic amines) is 1. The number of aliphatic carboxylic acids is 1. The first-order valence-corrected chi connectivity index (χ1v) is 15.8. The summed E-state index contributed by atoms with van der Waals surface area (Å²) < 4.78 is 2.67. The van der Waals surface area contributed by atoms with Gasteiger partial charge in [0.25, 0.3) is 0 Å². The van der Waals surface area contributed by atoms with Gasteiger partial charge < -0.3 is 14.6 Å². The van der Waals surface area contributed by atoms with Gasteiger partial charge in [-0.3, -0.25) is 9.69 Å². The van der Waals surface area contributed by atoms with Crippen molar-refractivity contribution in [3.05, 3.63) is 30.1 Å². The number of carboxylic acid groups (broad SMARTS) is 1. The summed E-state index contributed by atoms with van der Waals surface area (Å²) in [4.78, 5) is 21.8. The van der Waals surface area contributed by atoms with Gasteiger partial charge in [0.15, 0.2) is 0 Å². The van der Waals surface area contributed by atoms with Gasteiger partial charge in [-0.05, 0) is 81.9 Å². The summed E-state index contributed by atoms with van der Waals surface area (Å²) in [6.45, 7) is 2.57. The van der Waals surface area contributed by atoms with E-state index in [1.54, 1.807) is 0 Å². The molecule has 7 rings (SSSR count). The van der Waals surface area contributed by atoms with Crippen LogP contribution in [0.25, 0.3) is 11.0 Å². The fraction of sp³-hybridized carbons (Fsp3) is 0.750. The second kappa shape index (κ2) is 10.6. The van der Waals surface area contributed by atoms with Crippen molar-refractivity contribution in [2.24, 2.45) is 11.8 Å². The molecule has 6 heteroatoms. The van der Waals surface area contributed by atoms with E-state index in [-0.39, 0.29) is 6.42 Å². The molecule has 1 N–H and O–H groups in total. The minimum absolute atomic E-state index is 0.230. The average Bonchev–Trinajstić information content (AvgIpc) is 3.49. The lowest BCUT2D eigenvalue weighted by atomic mass is 9.73. The predicted octanol–water partition coefficient (Wildman–Crippen LogP) is 6.22. The number of fused-ring (bicyclic) bond motifs is 5. The molecule has 0 spiro atoms. The van der Waals surface area contributed by atoms with Crippen molar-refractivity contribution in [3.8, 4) is 0 Å². The van der Waals surface area contributed by atoms with Gasteiger partial charge in [-0.25, -0.2) is 4.98 Å². The fourth-order valence-corrected chi connectivity index (χ4v) is 9.54. The van der Waals surface area contributed by atoms with Gasteiger partial charge in [0.1, 0.15) is 5.82 Å². The topological polar surface area (TPSA) is 61.6 Å². The number of nitrogens with zero attached hydrogens (tertiary/aromatic N) is 4. The molecule has 6 nitrogen and oxygen atoms in total. The Labute approximate surface area is 227 Å². The van der Waals surface area contributed by atoms with Gasteiger partial charge in [-0.15, -0.1) is 0 Å². The molecule has 0 radical (unpaired) electrons. The number of imidazole rings is 1. The van der Waals surface area contributed by atoms with Crippen LogP contribution in [-0.4, -0.2) is 68.2 Å². The monoisotopic (exact) mass is 518 g/mol. The smallest absolute Gasteiger partial charge is 0.304 e. The van der Waals surface area contributed by atoms with Crippen molar-refractivity contribution in [2.75, 3.05) is 19.6 Å². The van der Waals surface area contributed by atoms with Gasteiger partial charge in [0.2, 0.25) is 0 Å². The summed E-state index contributed by atoms with van der Waals surface area (Å²) in [5.41, 5.74) is 2.45. The lowest BCUT2D eigenvalue weighted by Crippen LogP contribution is -2.58. The molecule has 3 aliphatic heterocycles. The van der Waals surface area contributed by atoms with Crippen LogP contribution in [0.4, 0.5) is 0 Å². The third-order valence-corrected chi connectivity index (χ3v) is 11.0. The maximum Gasteiger partial charge on any atom is 0.304 e. The van der Waals surface area contributed by atoms with Crippen LogP contribution in [0, 0.1) is 11.8 Å². The third kappa shape index (κ3) is 4.81. The first kappa shape index (κ1) is 25.1. The summed E-state index contributed by atoms with van der Waals surface area (Å²) in [6, 6.07) is 11.6. The van der Waals surface area contributed by atoms with Crippen LogP contribution >= 0.6 is 0 Å².